The summed E-state index contributed by atoms with van der Waals surface area (Å²) < 4.78 is 4.95. The number of allylic oxidation sites excluding steroid dienone is 2. The predicted molar refractivity (Wildman–Crippen MR) is 76.3 cm³/mol. The number of ether oxygens (including phenoxy) is 1. The van der Waals surface area contributed by atoms with Crippen molar-refractivity contribution in [2.45, 2.75) is 51.9 Å². The summed E-state index contributed by atoms with van der Waals surface area (Å²) in [5.74, 6) is -2.09. The van der Waals surface area contributed by atoms with Gasteiger partial charge in [-0.2, -0.15) is 0 Å². The first-order chi connectivity index (χ1) is 9.61. The van der Waals surface area contributed by atoms with Crippen LogP contribution in [-0.4, -0.2) is 35.4 Å². The maximum atomic E-state index is 11.7. The third-order valence-electron chi connectivity index (χ3n) is 2.87. The van der Waals surface area contributed by atoms with Crippen LogP contribution < -0.4 is 0 Å². The molecule has 116 valence electrons. The molecule has 2 N–H and O–H groups in total. The summed E-state index contributed by atoms with van der Waals surface area (Å²) in [6.45, 7) is 2.22. The molecule has 0 spiro atoms. The van der Waals surface area contributed by atoms with Gasteiger partial charge in [-0.15, -0.1) is 0 Å². The summed E-state index contributed by atoms with van der Waals surface area (Å²) >= 11 is 0. The third kappa shape index (κ3) is 10.6. The van der Waals surface area contributed by atoms with Crippen molar-refractivity contribution in [3.63, 3.8) is 0 Å². The fraction of sp³-hybridized carbons (Fsp3) is 0.733. The van der Waals surface area contributed by atoms with Gasteiger partial charge in [0.25, 0.3) is 0 Å². The minimum Gasteiger partial charge on any atom is -0.481 e. The SMILES string of the molecule is CCCC/C=C/CCC(CC(=O)O)C(=O)OCCCO. The zero-order valence-electron chi connectivity index (χ0n) is 12.2. The number of carboxylic acids is 1. The lowest BCUT2D eigenvalue weighted by molar-refractivity contribution is -0.153. The Labute approximate surface area is 120 Å². The van der Waals surface area contributed by atoms with Crippen LogP contribution in [-0.2, 0) is 14.3 Å². The topological polar surface area (TPSA) is 83.8 Å². The Morgan fingerprint density at radius 1 is 1.20 bits per heavy atom. The fourth-order valence-corrected chi connectivity index (χ4v) is 1.72. The molecular weight excluding hydrogens is 260 g/mol. The highest BCUT2D eigenvalue weighted by Gasteiger charge is 2.22. The molecule has 20 heavy (non-hydrogen) atoms. The molecule has 0 amide bonds. The van der Waals surface area contributed by atoms with E-state index in [-0.39, 0.29) is 19.6 Å². The maximum Gasteiger partial charge on any atom is 0.309 e. The normalized spacial score (nSPS) is 12.5. The molecule has 0 fully saturated rings. The summed E-state index contributed by atoms with van der Waals surface area (Å²) in [7, 11) is 0. The number of carbonyl (C=O) groups is 2. The van der Waals surface area contributed by atoms with Crippen molar-refractivity contribution in [3.8, 4) is 0 Å². The molecule has 0 radical (unpaired) electrons. The summed E-state index contributed by atoms with van der Waals surface area (Å²) in [5.41, 5.74) is 0. The number of esters is 1. The van der Waals surface area contributed by atoms with Gasteiger partial charge in [-0.3, -0.25) is 9.59 Å². The fourth-order valence-electron chi connectivity index (χ4n) is 1.72. The molecule has 0 saturated heterocycles. The zero-order valence-corrected chi connectivity index (χ0v) is 12.2. The van der Waals surface area contributed by atoms with Gasteiger partial charge in [0.1, 0.15) is 0 Å². The number of aliphatic carboxylic acids is 1. The highest BCUT2D eigenvalue weighted by Crippen LogP contribution is 2.14. The van der Waals surface area contributed by atoms with Gasteiger partial charge >= 0.3 is 11.9 Å². The molecule has 0 aliphatic heterocycles. The van der Waals surface area contributed by atoms with Crippen molar-refractivity contribution in [1.29, 1.82) is 0 Å². The van der Waals surface area contributed by atoms with E-state index in [4.69, 9.17) is 14.9 Å². The van der Waals surface area contributed by atoms with Gasteiger partial charge in [-0.1, -0.05) is 31.9 Å². The first-order valence-electron chi connectivity index (χ1n) is 7.26. The van der Waals surface area contributed by atoms with Gasteiger partial charge < -0.3 is 14.9 Å². The molecular formula is C15H26O5. The minimum atomic E-state index is -0.996. The van der Waals surface area contributed by atoms with E-state index < -0.39 is 17.9 Å². The average Bonchev–Trinajstić information content (AvgIpc) is 2.41. The van der Waals surface area contributed by atoms with E-state index in [0.717, 1.165) is 19.3 Å². The van der Waals surface area contributed by atoms with Crippen LogP contribution in [0.25, 0.3) is 0 Å². The van der Waals surface area contributed by atoms with Crippen LogP contribution >= 0.6 is 0 Å². The predicted octanol–water partition coefficient (Wildman–Crippen LogP) is 2.53. The average molecular weight is 286 g/mol. The Morgan fingerprint density at radius 2 is 1.90 bits per heavy atom. The van der Waals surface area contributed by atoms with Crippen molar-refractivity contribution >= 4 is 11.9 Å². The van der Waals surface area contributed by atoms with E-state index in [1.54, 1.807) is 0 Å². The lowest BCUT2D eigenvalue weighted by Crippen LogP contribution is -2.21. The summed E-state index contributed by atoms with van der Waals surface area (Å²) in [6, 6.07) is 0. The van der Waals surface area contributed by atoms with E-state index in [2.05, 4.69) is 13.0 Å². The van der Waals surface area contributed by atoms with Crippen molar-refractivity contribution in [2.24, 2.45) is 5.92 Å². The highest BCUT2D eigenvalue weighted by molar-refractivity contribution is 5.79. The Balaban J connectivity index is 4.10. The Kier molecular flexibility index (Phi) is 11.8. The number of aliphatic hydroxyl groups is 1. The van der Waals surface area contributed by atoms with Gasteiger partial charge in [-0.05, 0) is 19.3 Å². The highest BCUT2D eigenvalue weighted by atomic mass is 16.5. The smallest absolute Gasteiger partial charge is 0.309 e. The van der Waals surface area contributed by atoms with Crippen molar-refractivity contribution in [3.05, 3.63) is 12.2 Å². The van der Waals surface area contributed by atoms with Crippen molar-refractivity contribution < 1.29 is 24.5 Å². The molecule has 0 aromatic carbocycles. The number of carboxylic acid groups (broad SMARTS) is 1. The first-order valence-corrected chi connectivity index (χ1v) is 7.26. The number of rotatable bonds is 12. The van der Waals surface area contributed by atoms with E-state index >= 15 is 0 Å². The van der Waals surface area contributed by atoms with Crippen LogP contribution in [0.4, 0.5) is 0 Å². The largest absolute Gasteiger partial charge is 0.481 e. The lowest BCUT2D eigenvalue weighted by atomic mass is 9.99. The Morgan fingerprint density at radius 3 is 2.50 bits per heavy atom. The molecule has 0 bridgehead atoms. The molecule has 0 rings (SSSR count). The van der Waals surface area contributed by atoms with Crippen LogP contribution in [0.15, 0.2) is 12.2 Å². The summed E-state index contributed by atoms with van der Waals surface area (Å²) in [5, 5.41) is 17.4. The number of carbonyl (C=O) groups excluding carboxylic acids is 1. The molecule has 0 saturated carbocycles. The van der Waals surface area contributed by atoms with Crippen LogP contribution in [0.3, 0.4) is 0 Å². The number of hydrogen-bond acceptors (Lipinski definition) is 4. The van der Waals surface area contributed by atoms with Crippen LogP contribution in [0.2, 0.25) is 0 Å². The van der Waals surface area contributed by atoms with Gasteiger partial charge in [0.2, 0.25) is 0 Å². The number of hydrogen-bond donors (Lipinski definition) is 2. The summed E-state index contributed by atoms with van der Waals surface area (Å²) in [6.07, 6.45) is 8.68. The van der Waals surface area contributed by atoms with E-state index in [0.29, 0.717) is 19.3 Å². The molecule has 1 unspecified atom stereocenters. The summed E-state index contributed by atoms with van der Waals surface area (Å²) in [4.78, 5) is 22.5. The first kappa shape index (κ1) is 18.6. The van der Waals surface area contributed by atoms with Crippen molar-refractivity contribution in [1.82, 2.24) is 0 Å². The van der Waals surface area contributed by atoms with Crippen LogP contribution in [0.1, 0.15) is 51.9 Å². The van der Waals surface area contributed by atoms with E-state index in [1.165, 1.54) is 0 Å². The molecule has 0 aliphatic carbocycles. The zero-order chi connectivity index (χ0) is 15.2. The standard InChI is InChI=1S/C15H26O5/c1-2-3-4-5-6-7-9-13(12-14(17)18)15(19)20-11-8-10-16/h5-6,13,16H,2-4,7-12H2,1H3,(H,17,18)/b6-5+. The maximum absolute atomic E-state index is 11.7. The quantitative estimate of drug-likeness (QED) is 0.327. The van der Waals surface area contributed by atoms with Crippen LogP contribution in [0.5, 0.6) is 0 Å². The van der Waals surface area contributed by atoms with E-state index in [9.17, 15) is 9.59 Å². The molecule has 0 heterocycles. The minimum absolute atomic E-state index is 0.0446. The monoisotopic (exact) mass is 286 g/mol. The van der Waals surface area contributed by atoms with Gasteiger partial charge in [-0.25, -0.2) is 0 Å². The van der Waals surface area contributed by atoms with Gasteiger partial charge in [0, 0.05) is 13.0 Å². The van der Waals surface area contributed by atoms with Crippen LogP contribution in [0, 0.1) is 5.92 Å². The van der Waals surface area contributed by atoms with E-state index in [1.807, 2.05) is 6.08 Å². The van der Waals surface area contributed by atoms with Gasteiger partial charge in [0.05, 0.1) is 18.9 Å². The molecule has 0 aliphatic rings. The molecule has 0 aromatic rings. The van der Waals surface area contributed by atoms with Crippen molar-refractivity contribution in [2.75, 3.05) is 13.2 Å². The lowest BCUT2D eigenvalue weighted by Gasteiger charge is -2.13. The molecule has 5 nitrogen and oxygen atoms in total. The molecule has 5 heteroatoms. The second kappa shape index (κ2) is 12.7. The Hall–Kier alpha value is -1.36. The number of unbranched alkanes of at least 4 members (excludes halogenated alkanes) is 2. The Bertz CT molecular complexity index is 299. The molecule has 1 atom stereocenters. The van der Waals surface area contributed by atoms with Gasteiger partial charge in [0.15, 0.2) is 0 Å². The third-order valence-corrected chi connectivity index (χ3v) is 2.87. The second-order valence-electron chi connectivity index (χ2n) is 4.73. The second-order valence-corrected chi connectivity index (χ2v) is 4.73. The molecule has 0 aromatic heterocycles. The number of aliphatic hydroxyl groups excluding tert-OH is 1.